The number of aromatic nitrogens is 4. The highest BCUT2D eigenvalue weighted by Gasteiger charge is 2.18. The molecule has 0 saturated carbocycles. The lowest BCUT2D eigenvalue weighted by atomic mass is 10.1. The molecule has 4 aromatic rings. The first-order valence-electron chi connectivity index (χ1n) is 10.0. The Morgan fingerprint density at radius 1 is 1.12 bits per heavy atom. The second-order valence-electron chi connectivity index (χ2n) is 6.99. The number of carbonyl (C=O) groups excluding carboxylic acids is 1. The Hall–Kier alpha value is -4.34. The van der Waals surface area contributed by atoms with E-state index in [1.165, 1.54) is 18.0 Å². The SMILES string of the molecule is COc1cc(CNC(=O)c2cnn(-c3nccc(-c4ccco4)n3)c2C)cc(OC)c1OC. The van der Waals surface area contributed by atoms with Crippen molar-refractivity contribution in [3.05, 3.63) is 65.8 Å². The molecule has 0 aliphatic carbocycles. The third-order valence-corrected chi connectivity index (χ3v) is 5.04. The van der Waals surface area contributed by atoms with Crippen LogP contribution in [0.25, 0.3) is 17.4 Å². The number of rotatable bonds is 8. The molecular formula is C23H23N5O5. The van der Waals surface area contributed by atoms with Crippen LogP contribution in [-0.4, -0.2) is 47.0 Å². The Balaban J connectivity index is 1.53. The van der Waals surface area contributed by atoms with E-state index in [-0.39, 0.29) is 12.5 Å². The van der Waals surface area contributed by atoms with Crippen LogP contribution >= 0.6 is 0 Å². The van der Waals surface area contributed by atoms with E-state index in [4.69, 9.17) is 18.6 Å². The fourth-order valence-electron chi connectivity index (χ4n) is 3.36. The molecule has 0 aliphatic rings. The molecule has 4 rings (SSSR count). The van der Waals surface area contributed by atoms with Gasteiger partial charge in [-0.05, 0) is 42.8 Å². The fraction of sp³-hybridized carbons (Fsp3) is 0.217. The van der Waals surface area contributed by atoms with Crippen LogP contribution in [0.1, 0.15) is 21.6 Å². The number of methoxy groups -OCH3 is 3. The van der Waals surface area contributed by atoms with Gasteiger partial charge in [-0.1, -0.05) is 0 Å². The van der Waals surface area contributed by atoms with Gasteiger partial charge in [0.05, 0.1) is 45.0 Å². The van der Waals surface area contributed by atoms with Crippen molar-refractivity contribution in [3.63, 3.8) is 0 Å². The minimum Gasteiger partial charge on any atom is -0.493 e. The van der Waals surface area contributed by atoms with Gasteiger partial charge in [0.1, 0.15) is 5.69 Å². The predicted molar refractivity (Wildman–Crippen MR) is 119 cm³/mol. The van der Waals surface area contributed by atoms with Crippen LogP contribution in [0.2, 0.25) is 0 Å². The quantitative estimate of drug-likeness (QED) is 0.436. The van der Waals surface area contributed by atoms with Crippen molar-refractivity contribution in [1.82, 2.24) is 25.1 Å². The monoisotopic (exact) mass is 449 g/mol. The number of ether oxygens (including phenoxy) is 3. The maximum absolute atomic E-state index is 12.9. The fourth-order valence-corrected chi connectivity index (χ4v) is 3.36. The summed E-state index contributed by atoms with van der Waals surface area (Å²) in [5.74, 6) is 2.19. The van der Waals surface area contributed by atoms with Gasteiger partial charge in [-0.3, -0.25) is 4.79 Å². The van der Waals surface area contributed by atoms with Crippen LogP contribution in [0.3, 0.4) is 0 Å². The number of nitrogens with zero attached hydrogens (tertiary/aromatic N) is 4. The van der Waals surface area contributed by atoms with Crippen LogP contribution < -0.4 is 19.5 Å². The summed E-state index contributed by atoms with van der Waals surface area (Å²) in [6.45, 7) is 2.04. The standard InChI is InChI=1S/C23H23N5O5/c1-14-16(13-26-28(14)23-24-8-7-17(27-23)18-6-5-9-33-18)22(29)25-12-15-10-19(30-2)21(32-4)20(11-15)31-3/h5-11,13H,12H2,1-4H3,(H,25,29). The topological polar surface area (TPSA) is 114 Å². The van der Waals surface area contributed by atoms with Gasteiger partial charge in [0, 0.05) is 12.7 Å². The molecule has 0 radical (unpaired) electrons. The zero-order valence-electron chi connectivity index (χ0n) is 18.7. The van der Waals surface area contributed by atoms with Gasteiger partial charge in [0.25, 0.3) is 11.9 Å². The van der Waals surface area contributed by atoms with Crippen molar-refractivity contribution in [2.45, 2.75) is 13.5 Å². The molecule has 0 atom stereocenters. The van der Waals surface area contributed by atoms with Crippen molar-refractivity contribution in [2.24, 2.45) is 0 Å². The Morgan fingerprint density at radius 2 is 1.88 bits per heavy atom. The van der Waals surface area contributed by atoms with Crippen molar-refractivity contribution in [2.75, 3.05) is 21.3 Å². The zero-order valence-corrected chi connectivity index (χ0v) is 18.7. The molecule has 0 bridgehead atoms. The molecule has 0 spiro atoms. The first kappa shape index (κ1) is 21.9. The van der Waals surface area contributed by atoms with E-state index in [0.29, 0.717) is 45.9 Å². The zero-order chi connectivity index (χ0) is 23.4. The highest BCUT2D eigenvalue weighted by Crippen LogP contribution is 2.38. The molecule has 33 heavy (non-hydrogen) atoms. The van der Waals surface area contributed by atoms with E-state index in [1.807, 2.05) is 6.07 Å². The molecular weight excluding hydrogens is 426 g/mol. The normalized spacial score (nSPS) is 10.7. The molecule has 3 aromatic heterocycles. The third-order valence-electron chi connectivity index (χ3n) is 5.04. The van der Waals surface area contributed by atoms with Crippen LogP contribution in [-0.2, 0) is 6.54 Å². The highest BCUT2D eigenvalue weighted by molar-refractivity contribution is 5.95. The molecule has 3 heterocycles. The number of hydrogen-bond acceptors (Lipinski definition) is 8. The number of benzene rings is 1. The van der Waals surface area contributed by atoms with Crippen molar-refractivity contribution in [1.29, 1.82) is 0 Å². The Morgan fingerprint density at radius 3 is 2.52 bits per heavy atom. The molecule has 0 unspecified atom stereocenters. The molecule has 10 heteroatoms. The lowest BCUT2D eigenvalue weighted by Crippen LogP contribution is -2.23. The van der Waals surface area contributed by atoms with Crippen LogP contribution in [0.5, 0.6) is 17.2 Å². The second-order valence-corrected chi connectivity index (χ2v) is 6.99. The Labute approximate surface area is 190 Å². The number of hydrogen-bond donors (Lipinski definition) is 1. The Bertz CT molecular complexity index is 1240. The van der Waals surface area contributed by atoms with Gasteiger partial charge in [-0.25, -0.2) is 14.6 Å². The van der Waals surface area contributed by atoms with Crippen molar-refractivity contribution in [3.8, 4) is 34.7 Å². The number of furan rings is 1. The summed E-state index contributed by atoms with van der Waals surface area (Å²) in [6, 6.07) is 8.90. The van der Waals surface area contributed by atoms with E-state index in [9.17, 15) is 4.79 Å². The smallest absolute Gasteiger partial charge is 0.255 e. The number of nitrogens with one attached hydrogen (secondary N) is 1. The summed E-state index contributed by atoms with van der Waals surface area (Å²) in [7, 11) is 4.62. The minimum absolute atomic E-state index is 0.255. The molecule has 1 amide bonds. The molecule has 0 aliphatic heterocycles. The molecule has 0 saturated heterocycles. The number of amides is 1. The van der Waals surface area contributed by atoms with Crippen molar-refractivity contribution < 1.29 is 23.4 Å². The largest absolute Gasteiger partial charge is 0.493 e. The maximum atomic E-state index is 12.9. The Kier molecular flexibility index (Phi) is 6.25. The highest BCUT2D eigenvalue weighted by atomic mass is 16.5. The van der Waals surface area contributed by atoms with Gasteiger partial charge >= 0.3 is 0 Å². The summed E-state index contributed by atoms with van der Waals surface area (Å²) in [6.07, 6.45) is 4.68. The summed E-state index contributed by atoms with van der Waals surface area (Å²) in [5, 5.41) is 7.20. The molecule has 170 valence electrons. The van der Waals surface area contributed by atoms with E-state index in [2.05, 4.69) is 20.4 Å². The van der Waals surface area contributed by atoms with Gasteiger partial charge in [0.2, 0.25) is 5.75 Å². The molecule has 10 nitrogen and oxygen atoms in total. The average molecular weight is 449 g/mol. The summed E-state index contributed by atoms with van der Waals surface area (Å²) < 4.78 is 23.0. The maximum Gasteiger partial charge on any atom is 0.255 e. The summed E-state index contributed by atoms with van der Waals surface area (Å²) in [4.78, 5) is 21.6. The number of carbonyl (C=O) groups is 1. The second kappa shape index (κ2) is 9.43. The van der Waals surface area contributed by atoms with E-state index in [1.54, 1.807) is 57.9 Å². The van der Waals surface area contributed by atoms with E-state index < -0.39 is 0 Å². The van der Waals surface area contributed by atoms with Gasteiger partial charge in [-0.15, -0.1) is 0 Å². The lowest BCUT2D eigenvalue weighted by molar-refractivity contribution is 0.0950. The first-order chi connectivity index (χ1) is 16.0. The van der Waals surface area contributed by atoms with Gasteiger partial charge in [-0.2, -0.15) is 5.10 Å². The van der Waals surface area contributed by atoms with Crippen molar-refractivity contribution >= 4 is 5.91 Å². The first-order valence-corrected chi connectivity index (χ1v) is 10.0. The average Bonchev–Trinajstić information content (AvgIpc) is 3.52. The molecule has 0 fully saturated rings. The molecule has 1 aromatic carbocycles. The van der Waals surface area contributed by atoms with Gasteiger partial charge in [0.15, 0.2) is 17.3 Å². The van der Waals surface area contributed by atoms with Crippen LogP contribution in [0.4, 0.5) is 0 Å². The lowest BCUT2D eigenvalue weighted by Gasteiger charge is -2.14. The van der Waals surface area contributed by atoms with E-state index in [0.717, 1.165) is 5.56 Å². The summed E-state index contributed by atoms with van der Waals surface area (Å²) >= 11 is 0. The van der Waals surface area contributed by atoms with Gasteiger partial charge < -0.3 is 23.9 Å². The third kappa shape index (κ3) is 4.36. The minimum atomic E-state index is -0.283. The van der Waals surface area contributed by atoms with Crippen LogP contribution in [0, 0.1) is 6.92 Å². The van der Waals surface area contributed by atoms with Crippen LogP contribution in [0.15, 0.2) is 53.4 Å². The summed E-state index contributed by atoms with van der Waals surface area (Å²) in [5.41, 5.74) is 2.43. The van der Waals surface area contributed by atoms with E-state index >= 15 is 0 Å². The molecule has 1 N–H and O–H groups in total. The predicted octanol–water partition coefficient (Wildman–Crippen LogP) is 3.19.